The molecule has 104 valence electrons. The van der Waals surface area contributed by atoms with Crippen LogP contribution >= 0.6 is 11.6 Å². The molecule has 0 aliphatic rings. The highest BCUT2D eigenvalue weighted by molar-refractivity contribution is 6.31. The number of nitrogen functional groups attached to an aromatic ring is 1. The highest BCUT2D eigenvalue weighted by Crippen LogP contribution is 2.18. The molecule has 2 aromatic carbocycles. The molecule has 1 atom stereocenters. The third-order valence-corrected chi connectivity index (χ3v) is 3.26. The van der Waals surface area contributed by atoms with Gasteiger partial charge >= 0.3 is 0 Å². The number of carbonyl (C=O) groups excluding carboxylic acids is 1. The van der Waals surface area contributed by atoms with Crippen LogP contribution in [0.5, 0.6) is 0 Å². The number of amides is 1. The quantitative estimate of drug-likeness (QED) is 0.848. The average Bonchev–Trinajstić information content (AvgIpc) is 2.42. The monoisotopic (exact) mass is 288 g/mol. The Balaban J connectivity index is 2.02. The van der Waals surface area contributed by atoms with Gasteiger partial charge in [-0.1, -0.05) is 41.9 Å². The van der Waals surface area contributed by atoms with Gasteiger partial charge in [-0.2, -0.15) is 0 Å². The second-order valence-electron chi connectivity index (χ2n) is 4.80. The van der Waals surface area contributed by atoms with Crippen molar-refractivity contribution in [3.63, 3.8) is 0 Å². The first kappa shape index (κ1) is 14.4. The van der Waals surface area contributed by atoms with Crippen LogP contribution < -0.4 is 11.1 Å². The summed E-state index contributed by atoms with van der Waals surface area (Å²) < 4.78 is 0. The predicted octanol–water partition coefficient (Wildman–Crippen LogP) is 3.28. The summed E-state index contributed by atoms with van der Waals surface area (Å²) in [6, 6.07) is 14.9. The van der Waals surface area contributed by atoms with E-state index in [1.54, 1.807) is 18.2 Å². The molecule has 2 rings (SSSR count). The molecule has 1 amide bonds. The number of carbonyl (C=O) groups is 1. The molecule has 3 N–H and O–H groups in total. The Labute approximate surface area is 123 Å². The van der Waals surface area contributed by atoms with Crippen molar-refractivity contribution >= 4 is 23.2 Å². The lowest BCUT2D eigenvalue weighted by atomic mass is 10.1. The van der Waals surface area contributed by atoms with Gasteiger partial charge in [0.25, 0.3) is 5.91 Å². The van der Waals surface area contributed by atoms with Gasteiger partial charge in [0, 0.05) is 16.8 Å². The molecule has 2 aromatic rings. The van der Waals surface area contributed by atoms with Gasteiger partial charge in [0.1, 0.15) is 0 Å². The molecular formula is C16H17ClN2O. The highest BCUT2D eigenvalue weighted by atomic mass is 35.5. The maximum Gasteiger partial charge on any atom is 0.253 e. The van der Waals surface area contributed by atoms with Gasteiger partial charge in [0.05, 0.1) is 5.56 Å². The van der Waals surface area contributed by atoms with Crippen molar-refractivity contribution in [2.45, 2.75) is 19.4 Å². The van der Waals surface area contributed by atoms with E-state index in [0.717, 1.165) is 6.42 Å². The van der Waals surface area contributed by atoms with Gasteiger partial charge in [-0.05, 0) is 37.1 Å². The standard InChI is InChI=1S/C16H17ClN2O/c1-11(9-12-5-3-2-4-6-12)19-16(20)14-10-13(17)7-8-15(14)18/h2-8,10-11H,9,18H2,1H3,(H,19,20). The maximum absolute atomic E-state index is 12.2. The third kappa shape index (κ3) is 3.75. The SMILES string of the molecule is CC(Cc1ccccc1)NC(=O)c1cc(Cl)ccc1N. The number of rotatable bonds is 4. The molecule has 0 spiro atoms. The van der Waals surface area contributed by atoms with Crippen molar-refractivity contribution in [2.75, 3.05) is 5.73 Å². The minimum Gasteiger partial charge on any atom is -0.398 e. The van der Waals surface area contributed by atoms with E-state index in [1.807, 2.05) is 37.3 Å². The molecule has 0 aromatic heterocycles. The molecule has 0 aliphatic heterocycles. The van der Waals surface area contributed by atoms with Gasteiger partial charge in [0.15, 0.2) is 0 Å². The van der Waals surface area contributed by atoms with Crippen LogP contribution in [0.15, 0.2) is 48.5 Å². The second kappa shape index (κ2) is 6.44. The molecule has 0 aliphatic carbocycles. The molecule has 0 fully saturated rings. The lowest BCUT2D eigenvalue weighted by molar-refractivity contribution is 0.0941. The number of benzene rings is 2. The van der Waals surface area contributed by atoms with E-state index in [0.29, 0.717) is 16.3 Å². The zero-order valence-electron chi connectivity index (χ0n) is 11.3. The molecule has 20 heavy (non-hydrogen) atoms. The highest BCUT2D eigenvalue weighted by Gasteiger charge is 2.13. The molecule has 0 bridgehead atoms. The molecule has 1 unspecified atom stereocenters. The molecule has 0 heterocycles. The van der Waals surface area contributed by atoms with E-state index in [4.69, 9.17) is 17.3 Å². The largest absolute Gasteiger partial charge is 0.398 e. The number of nitrogens with two attached hydrogens (primary N) is 1. The van der Waals surface area contributed by atoms with Crippen LogP contribution in [0.4, 0.5) is 5.69 Å². The Morgan fingerprint density at radius 3 is 2.65 bits per heavy atom. The first-order chi connectivity index (χ1) is 9.56. The zero-order chi connectivity index (χ0) is 14.5. The summed E-state index contributed by atoms with van der Waals surface area (Å²) in [5.74, 6) is -0.201. The van der Waals surface area contributed by atoms with Crippen LogP contribution in [0.1, 0.15) is 22.8 Å². The van der Waals surface area contributed by atoms with Gasteiger partial charge in [0.2, 0.25) is 0 Å². The second-order valence-corrected chi connectivity index (χ2v) is 5.23. The number of nitrogens with one attached hydrogen (secondary N) is 1. The number of hydrogen-bond donors (Lipinski definition) is 2. The van der Waals surface area contributed by atoms with Crippen LogP contribution in [-0.2, 0) is 6.42 Å². The fraction of sp³-hybridized carbons (Fsp3) is 0.188. The summed E-state index contributed by atoms with van der Waals surface area (Å²) >= 11 is 5.89. The Bertz CT molecular complexity index is 599. The van der Waals surface area contributed by atoms with Crippen molar-refractivity contribution in [1.29, 1.82) is 0 Å². The van der Waals surface area contributed by atoms with Crippen LogP contribution in [0.25, 0.3) is 0 Å². The lowest BCUT2D eigenvalue weighted by Gasteiger charge is -2.15. The van der Waals surface area contributed by atoms with Crippen molar-refractivity contribution < 1.29 is 4.79 Å². The molecular weight excluding hydrogens is 272 g/mol. The molecule has 3 nitrogen and oxygen atoms in total. The summed E-state index contributed by atoms with van der Waals surface area (Å²) in [4.78, 5) is 12.2. The molecule has 4 heteroatoms. The number of hydrogen-bond acceptors (Lipinski definition) is 2. The van der Waals surface area contributed by atoms with Crippen LogP contribution in [-0.4, -0.2) is 11.9 Å². The van der Waals surface area contributed by atoms with E-state index in [9.17, 15) is 4.79 Å². The minimum atomic E-state index is -0.201. The molecule has 0 saturated heterocycles. The zero-order valence-corrected chi connectivity index (χ0v) is 12.0. The summed E-state index contributed by atoms with van der Waals surface area (Å²) in [7, 11) is 0. The van der Waals surface area contributed by atoms with E-state index >= 15 is 0 Å². The van der Waals surface area contributed by atoms with Crippen molar-refractivity contribution in [3.05, 3.63) is 64.7 Å². The lowest BCUT2D eigenvalue weighted by Crippen LogP contribution is -2.34. The van der Waals surface area contributed by atoms with Crippen LogP contribution in [0.3, 0.4) is 0 Å². The van der Waals surface area contributed by atoms with Gasteiger partial charge in [-0.25, -0.2) is 0 Å². The van der Waals surface area contributed by atoms with E-state index in [1.165, 1.54) is 5.56 Å². The fourth-order valence-electron chi connectivity index (χ4n) is 2.05. The first-order valence-corrected chi connectivity index (χ1v) is 6.84. The summed E-state index contributed by atoms with van der Waals surface area (Å²) in [6.45, 7) is 1.96. The molecule has 0 saturated carbocycles. The Hall–Kier alpha value is -2.00. The minimum absolute atomic E-state index is 0.0169. The van der Waals surface area contributed by atoms with E-state index in [2.05, 4.69) is 5.32 Å². The van der Waals surface area contributed by atoms with E-state index < -0.39 is 0 Å². The number of halogens is 1. The summed E-state index contributed by atoms with van der Waals surface area (Å²) in [5.41, 5.74) is 7.82. The number of anilines is 1. The Morgan fingerprint density at radius 2 is 1.95 bits per heavy atom. The van der Waals surface area contributed by atoms with Crippen LogP contribution in [0.2, 0.25) is 5.02 Å². The normalized spacial score (nSPS) is 11.9. The van der Waals surface area contributed by atoms with Crippen molar-refractivity contribution in [3.8, 4) is 0 Å². The topological polar surface area (TPSA) is 55.1 Å². The van der Waals surface area contributed by atoms with Gasteiger partial charge in [-0.3, -0.25) is 4.79 Å². The summed E-state index contributed by atoms with van der Waals surface area (Å²) in [5, 5.41) is 3.44. The average molecular weight is 289 g/mol. The van der Waals surface area contributed by atoms with Gasteiger partial charge in [-0.15, -0.1) is 0 Å². The third-order valence-electron chi connectivity index (χ3n) is 3.02. The first-order valence-electron chi connectivity index (χ1n) is 6.46. The molecule has 0 radical (unpaired) electrons. The maximum atomic E-state index is 12.2. The Kier molecular flexibility index (Phi) is 4.64. The smallest absolute Gasteiger partial charge is 0.253 e. The van der Waals surface area contributed by atoms with Crippen molar-refractivity contribution in [2.24, 2.45) is 0 Å². The Morgan fingerprint density at radius 1 is 1.25 bits per heavy atom. The fourth-order valence-corrected chi connectivity index (χ4v) is 2.22. The summed E-state index contributed by atoms with van der Waals surface area (Å²) in [6.07, 6.45) is 0.771. The van der Waals surface area contributed by atoms with Crippen LogP contribution in [0, 0.1) is 0 Å². The van der Waals surface area contributed by atoms with Gasteiger partial charge < -0.3 is 11.1 Å². The predicted molar refractivity (Wildman–Crippen MR) is 82.9 cm³/mol. The van der Waals surface area contributed by atoms with Crippen molar-refractivity contribution in [1.82, 2.24) is 5.32 Å². The van der Waals surface area contributed by atoms with E-state index in [-0.39, 0.29) is 11.9 Å².